The topological polar surface area (TPSA) is 72.3 Å². The largest absolute Gasteiger partial charge is 0.343 e. The molecular weight excluding hydrogens is 461 g/mol. The fourth-order valence-electron chi connectivity index (χ4n) is 4.38. The Kier molecular flexibility index (Phi) is 7.15. The number of Topliss-reactive ketones (excluding diaryl/α,β-unsaturated/α-hetero) is 1. The Labute approximate surface area is 202 Å². The number of amides is 1. The lowest BCUT2D eigenvalue weighted by Crippen LogP contribution is -2.36. The third kappa shape index (κ3) is 5.63. The van der Waals surface area contributed by atoms with Crippen LogP contribution in [0.15, 0.2) is 47.5 Å². The molecule has 1 saturated heterocycles. The second kappa shape index (κ2) is 10.1. The first-order chi connectivity index (χ1) is 15.8. The molecule has 1 aliphatic rings. The third-order valence-electron chi connectivity index (χ3n) is 6.22. The summed E-state index contributed by atoms with van der Waals surface area (Å²) >= 11 is 12.0. The van der Waals surface area contributed by atoms with Crippen LogP contribution in [0.3, 0.4) is 0 Å². The van der Waals surface area contributed by atoms with Gasteiger partial charge in [0.1, 0.15) is 0 Å². The molecule has 1 aromatic heterocycles. The highest BCUT2D eigenvalue weighted by atomic mass is 35.5. The zero-order valence-electron chi connectivity index (χ0n) is 18.4. The number of benzene rings is 2. The molecule has 0 aliphatic carbocycles. The van der Waals surface area contributed by atoms with Crippen molar-refractivity contribution in [3.8, 4) is 0 Å². The predicted molar refractivity (Wildman–Crippen MR) is 130 cm³/mol. The van der Waals surface area contributed by atoms with E-state index in [1.165, 1.54) is 10.9 Å². The smallest absolute Gasteiger partial charge is 0.261 e. The van der Waals surface area contributed by atoms with Gasteiger partial charge in [-0.1, -0.05) is 29.3 Å². The first-order valence-corrected chi connectivity index (χ1v) is 11.8. The highest BCUT2D eigenvalue weighted by Gasteiger charge is 2.22. The molecule has 6 nitrogen and oxygen atoms in total. The summed E-state index contributed by atoms with van der Waals surface area (Å²) in [6.07, 6.45) is 3.94. The van der Waals surface area contributed by atoms with Crippen molar-refractivity contribution < 1.29 is 9.59 Å². The van der Waals surface area contributed by atoms with E-state index < -0.39 is 0 Å². The van der Waals surface area contributed by atoms with Gasteiger partial charge in [0.25, 0.3) is 5.56 Å². The standard InChI is InChI=1S/C25H25Cl2N3O3/c1-16(31)29-8-6-18(7-9-29)19-3-5-24-23(12-19)25(33)30(15-28-24)14-22(32)4-2-17-10-20(26)13-21(27)11-17/h3,5,10-13,15,18H,2,4,6-9,14H2,1H3. The molecule has 0 saturated carbocycles. The number of carbonyl (C=O) groups excluding carboxylic acids is 2. The summed E-state index contributed by atoms with van der Waals surface area (Å²) in [6, 6.07) is 11.0. The molecule has 1 aliphatic heterocycles. The van der Waals surface area contributed by atoms with Crippen molar-refractivity contribution in [3.05, 3.63) is 74.3 Å². The van der Waals surface area contributed by atoms with E-state index in [1.54, 1.807) is 25.1 Å². The predicted octanol–water partition coefficient (Wildman–Crippen LogP) is 4.63. The number of hydrogen-bond acceptors (Lipinski definition) is 4. The molecule has 0 radical (unpaired) electrons. The van der Waals surface area contributed by atoms with Crippen molar-refractivity contribution in [1.82, 2.24) is 14.5 Å². The first-order valence-electron chi connectivity index (χ1n) is 11.0. The molecule has 172 valence electrons. The van der Waals surface area contributed by atoms with Crippen LogP contribution >= 0.6 is 23.2 Å². The molecule has 0 spiro atoms. The lowest BCUT2D eigenvalue weighted by Gasteiger charge is -2.31. The summed E-state index contributed by atoms with van der Waals surface area (Å²) in [5, 5.41) is 1.57. The number of rotatable bonds is 6. The zero-order valence-corrected chi connectivity index (χ0v) is 19.9. The minimum Gasteiger partial charge on any atom is -0.343 e. The van der Waals surface area contributed by atoms with Gasteiger partial charge in [-0.2, -0.15) is 0 Å². The molecule has 4 rings (SSSR count). The highest BCUT2D eigenvalue weighted by Crippen LogP contribution is 2.29. The minimum absolute atomic E-state index is 0.0305. The summed E-state index contributed by atoms with van der Waals surface area (Å²) in [5.41, 5.74) is 2.35. The van der Waals surface area contributed by atoms with Gasteiger partial charge in [0, 0.05) is 36.5 Å². The molecule has 2 heterocycles. The Bertz CT molecular complexity index is 1240. The maximum Gasteiger partial charge on any atom is 0.261 e. The van der Waals surface area contributed by atoms with Crippen LogP contribution in [0.4, 0.5) is 0 Å². The zero-order chi connectivity index (χ0) is 23.5. The van der Waals surface area contributed by atoms with Gasteiger partial charge in [-0.25, -0.2) is 4.98 Å². The molecule has 0 N–H and O–H groups in total. The summed E-state index contributed by atoms with van der Waals surface area (Å²) in [6.45, 7) is 3.01. The molecule has 3 aromatic rings. The van der Waals surface area contributed by atoms with Crippen LogP contribution in [0.5, 0.6) is 0 Å². The number of aryl methyl sites for hydroxylation is 1. The van der Waals surface area contributed by atoms with Crippen molar-refractivity contribution in [1.29, 1.82) is 0 Å². The van der Waals surface area contributed by atoms with Crippen LogP contribution in [0.1, 0.15) is 43.2 Å². The van der Waals surface area contributed by atoms with Crippen LogP contribution in [-0.4, -0.2) is 39.2 Å². The van der Waals surface area contributed by atoms with Crippen LogP contribution in [-0.2, 0) is 22.6 Å². The van der Waals surface area contributed by atoms with E-state index in [4.69, 9.17) is 23.2 Å². The monoisotopic (exact) mass is 485 g/mol. The molecule has 1 fully saturated rings. The molecule has 33 heavy (non-hydrogen) atoms. The number of carbonyl (C=O) groups is 2. The van der Waals surface area contributed by atoms with Crippen molar-refractivity contribution >= 4 is 45.8 Å². The van der Waals surface area contributed by atoms with Crippen molar-refractivity contribution in [2.75, 3.05) is 13.1 Å². The van der Waals surface area contributed by atoms with Gasteiger partial charge in [0.2, 0.25) is 5.91 Å². The Balaban J connectivity index is 1.47. The maximum atomic E-state index is 13.1. The molecule has 0 bridgehead atoms. The number of likely N-dealkylation sites (tertiary alicyclic amines) is 1. The number of nitrogens with zero attached hydrogens (tertiary/aromatic N) is 3. The second-order valence-electron chi connectivity index (χ2n) is 8.55. The molecule has 0 atom stereocenters. The van der Waals surface area contributed by atoms with Crippen LogP contribution in [0.2, 0.25) is 10.0 Å². The summed E-state index contributed by atoms with van der Waals surface area (Å²) in [4.78, 5) is 43.5. The van der Waals surface area contributed by atoms with Crippen LogP contribution in [0.25, 0.3) is 10.9 Å². The molecular formula is C25H25Cl2N3O3. The first kappa shape index (κ1) is 23.5. The average Bonchev–Trinajstić information content (AvgIpc) is 2.79. The number of hydrogen-bond donors (Lipinski definition) is 0. The lowest BCUT2D eigenvalue weighted by atomic mass is 9.89. The van der Waals surface area contributed by atoms with Gasteiger partial charge in [-0.3, -0.25) is 19.0 Å². The second-order valence-corrected chi connectivity index (χ2v) is 9.42. The Morgan fingerprint density at radius 1 is 1.06 bits per heavy atom. The number of piperidine rings is 1. The maximum absolute atomic E-state index is 13.1. The van der Waals surface area contributed by atoms with Crippen LogP contribution in [0, 0.1) is 0 Å². The van der Waals surface area contributed by atoms with Crippen LogP contribution < -0.4 is 5.56 Å². The van der Waals surface area contributed by atoms with Gasteiger partial charge in [-0.05, 0) is 66.6 Å². The Morgan fingerprint density at radius 3 is 2.42 bits per heavy atom. The summed E-state index contributed by atoms with van der Waals surface area (Å²) in [7, 11) is 0. The SMILES string of the molecule is CC(=O)N1CCC(c2ccc3ncn(CC(=O)CCc4cc(Cl)cc(Cl)c4)c(=O)c3c2)CC1. The normalized spacial score (nSPS) is 14.6. The molecule has 8 heteroatoms. The lowest BCUT2D eigenvalue weighted by molar-refractivity contribution is -0.129. The highest BCUT2D eigenvalue weighted by molar-refractivity contribution is 6.34. The van der Waals surface area contributed by atoms with Gasteiger partial charge < -0.3 is 4.90 Å². The van der Waals surface area contributed by atoms with Crippen molar-refractivity contribution in [3.63, 3.8) is 0 Å². The van der Waals surface area contributed by atoms with E-state index in [0.717, 1.165) is 37.1 Å². The van der Waals surface area contributed by atoms with E-state index in [1.807, 2.05) is 23.1 Å². The third-order valence-corrected chi connectivity index (χ3v) is 6.66. The quantitative estimate of drug-likeness (QED) is 0.510. The van der Waals surface area contributed by atoms with E-state index >= 15 is 0 Å². The van der Waals surface area contributed by atoms with E-state index in [2.05, 4.69) is 4.98 Å². The molecule has 1 amide bonds. The summed E-state index contributed by atoms with van der Waals surface area (Å²) < 4.78 is 1.37. The Morgan fingerprint density at radius 2 is 1.76 bits per heavy atom. The van der Waals surface area contributed by atoms with E-state index in [9.17, 15) is 14.4 Å². The summed E-state index contributed by atoms with van der Waals surface area (Å²) in [5.74, 6) is 0.327. The fourth-order valence-corrected chi connectivity index (χ4v) is 4.95. The fraction of sp³-hybridized carbons (Fsp3) is 0.360. The van der Waals surface area contributed by atoms with Gasteiger partial charge in [0.05, 0.1) is 23.8 Å². The van der Waals surface area contributed by atoms with Gasteiger partial charge >= 0.3 is 0 Å². The molecule has 2 aromatic carbocycles. The van der Waals surface area contributed by atoms with E-state index in [-0.39, 0.29) is 30.2 Å². The number of fused-ring (bicyclic) bond motifs is 1. The minimum atomic E-state index is -0.220. The average molecular weight is 486 g/mol. The molecule has 0 unspecified atom stereocenters. The number of ketones is 1. The van der Waals surface area contributed by atoms with Crippen molar-refractivity contribution in [2.24, 2.45) is 0 Å². The number of aromatic nitrogens is 2. The van der Waals surface area contributed by atoms with E-state index in [0.29, 0.717) is 33.3 Å². The van der Waals surface area contributed by atoms with Gasteiger partial charge in [-0.15, -0.1) is 0 Å². The van der Waals surface area contributed by atoms with Crippen molar-refractivity contribution in [2.45, 2.75) is 45.1 Å². The van der Waals surface area contributed by atoms with Gasteiger partial charge in [0.15, 0.2) is 5.78 Å². The Hall–Kier alpha value is -2.70. The number of halogens is 2.